The Morgan fingerprint density at radius 2 is 2.07 bits per heavy atom. The number of nitrogens with two attached hydrogens (primary N) is 1. The normalized spacial score (nSPS) is 19.0. The lowest BCUT2D eigenvalue weighted by atomic mass is 10.1. The molecule has 0 radical (unpaired) electrons. The summed E-state index contributed by atoms with van der Waals surface area (Å²) in [4.78, 5) is 13.1. The van der Waals surface area contributed by atoms with Gasteiger partial charge in [0.15, 0.2) is 0 Å². The minimum absolute atomic E-state index is 0.0491. The molecule has 0 saturated carbocycles. The average molecular weight is 200 g/mol. The van der Waals surface area contributed by atoms with Crippen LogP contribution in [0.4, 0.5) is 0 Å². The molecule has 0 aromatic carbocycles. The van der Waals surface area contributed by atoms with Crippen molar-refractivity contribution in [1.82, 2.24) is 4.90 Å². The molecule has 0 aromatic heterocycles. The van der Waals surface area contributed by atoms with Gasteiger partial charge in [-0.1, -0.05) is 0 Å². The van der Waals surface area contributed by atoms with Gasteiger partial charge in [-0.05, 0) is 26.7 Å². The summed E-state index contributed by atoms with van der Waals surface area (Å²) in [5, 5.41) is 0. The van der Waals surface area contributed by atoms with Crippen LogP contribution in [0.5, 0.6) is 0 Å². The Hall–Kier alpha value is -0.610. The average Bonchev–Trinajstić information content (AvgIpc) is 2.17. The van der Waals surface area contributed by atoms with Gasteiger partial charge >= 0.3 is 0 Å². The lowest BCUT2D eigenvalue weighted by Crippen LogP contribution is -2.43. The number of carbonyl (C=O) groups excluding carboxylic acids is 1. The SMILES string of the molecule is CC(C)OC1CCN(C(=O)CN)CC1. The number of rotatable bonds is 3. The van der Waals surface area contributed by atoms with E-state index in [0.717, 1.165) is 25.9 Å². The van der Waals surface area contributed by atoms with Crippen molar-refractivity contribution in [3.8, 4) is 0 Å². The molecule has 1 rings (SSSR count). The molecule has 0 spiro atoms. The summed E-state index contributed by atoms with van der Waals surface area (Å²) >= 11 is 0. The van der Waals surface area contributed by atoms with E-state index in [1.165, 1.54) is 0 Å². The lowest BCUT2D eigenvalue weighted by Gasteiger charge is -2.32. The molecule has 1 saturated heterocycles. The van der Waals surface area contributed by atoms with Gasteiger partial charge in [0.1, 0.15) is 0 Å². The third kappa shape index (κ3) is 3.27. The van der Waals surface area contributed by atoms with Crippen LogP contribution in [-0.4, -0.2) is 42.6 Å². The van der Waals surface area contributed by atoms with Crippen molar-refractivity contribution in [2.45, 2.75) is 38.9 Å². The van der Waals surface area contributed by atoms with Crippen LogP contribution in [0.1, 0.15) is 26.7 Å². The molecule has 0 unspecified atom stereocenters. The third-order valence-corrected chi connectivity index (χ3v) is 2.43. The number of nitrogens with zero attached hydrogens (tertiary/aromatic N) is 1. The largest absolute Gasteiger partial charge is 0.375 e. The van der Waals surface area contributed by atoms with Gasteiger partial charge in [-0.15, -0.1) is 0 Å². The molecule has 1 fully saturated rings. The van der Waals surface area contributed by atoms with E-state index in [-0.39, 0.29) is 18.6 Å². The molecule has 0 aliphatic carbocycles. The molecule has 4 nitrogen and oxygen atoms in total. The molecule has 2 N–H and O–H groups in total. The van der Waals surface area contributed by atoms with Crippen LogP contribution in [0, 0.1) is 0 Å². The fraction of sp³-hybridized carbons (Fsp3) is 0.900. The predicted octanol–water partition coefficient (Wildman–Crippen LogP) is 0.361. The number of piperidine rings is 1. The summed E-state index contributed by atoms with van der Waals surface area (Å²) in [7, 11) is 0. The Kier molecular flexibility index (Phi) is 4.35. The first-order chi connectivity index (χ1) is 6.63. The highest BCUT2D eigenvalue weighted by Crippen LogP contribution is 2.15. The van der Waals surface area contributed by atoms with Crippen LogP contribution in [-0.2, 0) is 9.53 Å². The lowest BCUT2D eigenvalue weighted by molar-refractivity contribution is -0.132. The second-order valence-corrected chi connectivity index (χ2v) is 3.97. The second-order valence-electron chi connectivity index (χ2n) is 3.97. The highest BCUT2D eigenvalue weighted by atomic mass is 16.5. The fourth-order valence-corrected chi connectivity index (χ4v) is 1.76. The molecule has 1 heterocycles. The van der Waals surface area contributed by atoms with Gasteiger partial charge in [-0.2, -0.15) is 0 Å². The number of hydrogen-bond donors (Lipinski definition) is 1. The van der Waals surface area contributed by atoms with Crippen LogP contribution < -0.4 is 5.73 Å². The van der Waals surface area contributed by atoms with Crippen LogP contribution in [0.25, 0.3) is 0 Å². The Bertz CT molecular complexity index is 187. The molecule has 0 atom stereocenters. The van der Waals surface area contributed by atoms with E-state index < -0.39 is 0 Å². The molecule has 0 bridgehead atoms. The van der Waals surface area contributed by atoms with Gasteiger partial charge < -0.3 is 15.4 Å². The highest BCUT2D eigenvalue weighted by Gasteiger charge is 2.22. The fourth-order valence-electron chi connectivity index (χ4n) is 1.76. The van der Waals surface area contributed by atoms with Crippen molar-refractivity contribution in [2.24, 2.45) is 5.73 Å². The summed E-state index contributed by atoms with van der Waals surface area (Å²) in [5.74, 6) is 0.0491. The van der Waals surface area contributed by atoms with E-state index in [2.05, 4.69) is 0 Å². The Labute approximate surface area is 85.4 Å². The number of hydrogen-bond acceptors (Lipinski definition) is 3. The van der Waals surface area contributed by atoms with Gasteiger partial charge in [-0.25, -0.2) is 0 Å². The maximum absolute atomic E-state index is 11.3. The zero-order valence-corrected chi connectivity index (χ0v) is 9.03. The first-order valence-electron chi connectivity index (χ1n) is 5.26. The third-order valence-electron chi connectivity index (χ3n) is 2.43. The molecule has 1 aliphatic heterocycles. The number of carbonyl (C=O) groups is 1. The number of ether oxygens (including phenoxy) is 1. The standard InChI is InChI=1S/C10H20N2O2/c1-8(2)14-9-3-5-12(6-4-9)10(13)7-11/h8-9H,3-7,11H2,1-2H3. The van der Waals surface area contributed by atoms with E-state index >= 15 is 0 Å². The first-order valence-corrected chi connectivity index (χ1v) is 5.26. The van der Waals surface area contributed by atoms with Crippen molar-refractivity contribution in [2.75, 3.05) is 19.6 Å². The van der Waals surface area contributed by atoms with Gasteiger partial charge in [0.25, 0.3) is 0 Å². The smallest absolute Gasteiger partial charge is 0.236 e. The molecule has 1 aliphatic rings. The summed E-state index contributed by atoms with van der Waals surface area (Å²) in [6.07, 6.45) is 2.46. The van der Waals surface area contributed by atoms with Crippen molar-refractivity contribution < 1.29 is 9.53 Å². The minimum Gasteiger partial charge on any atom is -0.375 e. The van der Waals surface area contributed by atoms with Crippen LogP contribution in [0.2, 0.25) is 0 Å². The van der Waals surface area contributed by atoms with Crippen LogP contribution >= 0.6 is 0 Å². The molecule has 14 heavy (non-hydrogen) atoms. The zero-order chi connectivity index (χ0) is 10.6. The van der Waals surface area contributed by atoms with Gasteiger partial charge in [0.2, 0.25) is 5.91 Å². The summed E-state index contributed by atoms with van der Waals surface area (Å²) in [6, 6.07) is 0. The summed E-state index contributed by atoms with van der Waals surface area (Å²) < 4.78 is 5.68. The molecular formula is C10H20N2O2. The maximum atomic E-state index is 11.3. The minimum atomic E-state index is 0.0491. The monoisotopic (exact) mass is 200 g/mol. The van der Waals surface area contributed by atoms with Crippen LogP contribution in [0.3, 0.4) is 0 Å². The molecule has 4 heteroatoms. The van der Waals surface area contributed by atoms with Crippen molar-refractivity contribution in [3.63, 3.8) is 0 Å². The molecule has 0 aromatic rings. The Balaban J connectivity index is 2.27. The number of amides is 1. The predicted molar refractivity (Wildman–Crippen MR) is 54.9 cm³/mol. The Morgan fingerprint density at radius 1 is 1.50 bits per heavy atom. The maximum Gasteiger partial charge on any atom is 0.236 e. The van der Waals surface area contributed by atoms with E-state index in [9.17, 15) is 4.79 Å². The van der Waals surface area contributed by atoms with E-state index in [0.29, 0.717) is 6.10 Å². The quantitative estimate of drug-likeness (QED) is 0.715. The second kappa shape index (κ2) is 5.32. The van der Waals surface area contributed by atoms with E-state index in [4.69, 9.17) is 10.5 Å². The molecule has 1 amide bonds. The van der Waals surface area contributed by atoms with Crippen LogP contribution in [0.15, 0.2) is 0 Å². The van der Waals surface area contributed by atoms with E-state index in [1.807, 2.05) is 18.7 Å². The van der Waals surface area contributed by atoms with Crippen molar-refractivity contribution in [3.05, 3.63) is 0 Å². The molecule has 82 valence electrons. The van der Waals surface area contributed by atoms with Crippen molar-refractivity contribution in [1.29, 1.82) is 0 Å². The topological polar surface area (TPSA) is 55.6 Å². The number of likely N-dealkylation sites (tertiary alicyclic amines) is 1. The highest BCUT2D eigenvalue weighted by molar-refractivity contribution is 5.78. The molecular weight excluding hydrogens is 180 g/mol. The van der Waals surface area contributed by atoms with Gasteiger partial charge in [0.05, 0.1) is 18.8 Å². The zero-order valence-electron chi connectivity index (χ0n) is 9.03. The van der Waals surface area contributed by atoms with Gasteiger partial charge in [-0.3, -0.25) is 4.79 Å². The Morgan fingerprint density at radius 3 is 2.50 bits per heavy atom. The first kappa shape index (κ1) is 11.5. The summed E-state index contributed by atoms with van der Waals surface area (Å²) in [5.41, 5.74) is 5.30. The van der Waals surface area contributed by atoms with Crippen molar-refractivity contribution >= 4 is 5.91 Å². The van der Waals surface area contributed by atoms with E-state index in [1.54, 1.807) is 0 Å². The summed E-state index contributed by atoms with van der Waals surface area (Å²) in [6.45, 7) is 5.77. The van der Waals surface area contributed by atoms with Gasteiger partial charge in [0, 0.05) is 13.1 Å².